The predicted octanol–water partition coefficient (Wildman–Crippen LogP) is 2.92. The predicted molar refractivity (Wildman–Crippen MR) is 69.5 cm³/mol. The van der Waals surface area contributed by atoms with Crippen molar-refractivity contribution in [2.75, 3.05) is 0 Å². The number of carboxylic acid groups (broad SMARTS) is 1. The van der Waals surface area contributed by atoms with E-state index >= 15 is 0 Å². The number of carbonyl (C=O) groups is 1. The maximum atomic E-state index is 13.4. The van der Waals surface area contributed by atoms with Gasteiger partial charge >= 0.3 is 5.97 Å². The van der Waals surface area contributed by atoms with Crippen LogP contribution in [0, 0.1) is 11.7 Å². The zero-order valence-corrected chi connectivity index (χ0v) is 11.1. The molecule has 0 spiro atoms. The number of halogens is 2. The number of aliphatic carboxylic acids is 1. The summed E-state index contributed by atoms with van der Waals surface area (Å²) in [7, 11) is 0. The summed E-state index contributed by atoms with van der Waals surface area (Å²) in [6.45, 7) is 0.604. The molecule has 1 aromatic rings. The number of hydrogen-bond donors (Lipinski definition) is 1. The number of nitrogens with zero attached hydrogens (tertiary/aromatic N) is 1. The molecule has 5 heteroatoms. The maximum absolute atomic E-state index is 13.4. The number of fused-ring (bicyclic) bond motifs is 2. The van der Waals surface area contributed by atoms with Gasteiger partial charge in [-0.05, 0) is 37.0 Å². The normalized spacial score (nSPS) is 29.9. The summed E-state index contributed by atoms with van der Waals surface area (Å²) in [6.07, 6.45) is 2.69. The van der Waals surface area contributed by atoms with E-state index in [4.69, 9.17) is 11.6 Å². The van der Waals surface area contributed by atoms with Crippen LogP contribution in [0.15, 0.2) is 18.2 Å². The van der Waals surface area contributed by atoms with Crippen LogP contribution < -0.4 is 0 Å². The van der Waals surface area contributed by atoms with Gasteiger partial charge in [0.2, 0.25) is 0 Å². The lowest BCUT2D eigenvalue weighted by Gasteiger charge is -2.22. The monoisotopic (exact) mass is 283 g/mol. The second kappa shape index (κ2) is 4.76. The average molecular weight is 284 g/mol. The van der Waals surface area contributed by atoms with Crippen LogP contribution in [0.25, 0.3) is 0 Å². The summed E-state index contributed by atoms with van der Waals surface area (Å²) in [5.74, 6) is -1.39. The molecule has 2 heterocycles. The Hall–Kier alpha value is -1.13. The highest BCUT2D eigenvalue weighted by Gasteiger charge is 2.48. The average Bonchev–Trinajstić information content (AvgIpc) is 2.91. The third-order valence-corrected chi connectivity index (χ3v) is 4.65. The first kappa shape index (κ1) is 12.9. The SMILES string of the molecule is O=C(O)C1CC2CCC1N2Cc1ccc(Cl)c(F)c1. The summed E-state index contributed by atoms with van der Waals surface area (Å²) < 4.78 is 13.4. The Morgan fingerprint density at radius 1 is 1.47 bits per heavy atom. The van der Waals surface area contributed by atoms with Crippen molar-refractivity contribution in [3.8, 4) is 0 Å². The Bertz CT molecular complexity index is 522. The first-order chi connectivity index (χ1) is 9.06. The van der Waals surface area contributed by atoms with Crippen molar-refractivity contribution in [3.05, 3.63) is 34.6 Å². The van der Waals surface area contributed by atoms with E-state index in [0.717, 1.165) is 24.8 Å². The van der Waals surface area contributed by atoms with Gasteiger partial charge in [0.15, 0.2) is 0 Å². The fourth-order valence-corrected chi connectivity index (χ4v) is 3.58. The van der Waals surface area contributed by atoms with E-state index in [2.05, 4.69) is 4.90 Å². The van der Waals surface area contributed by atoms with Gasteiger partial charge in [0.05, 0.1) is 10.9 Å². The quantitative estimate of drug-likeness (QED) is 0.927. The summed E-state index contributed by atoms with van der Waals surface area (Å²) in [6, 6.07) is 5.22. The largest absolute Gasteiger partial charge is 0.481 e. The van der Waals surface area contributed by atoms with E-state index in [1.54, 1.807) is 12.1 Å². The third-order valence-electron chi connectivity index (χ3n) is 4.35. The van der Waals surface area contributed by atoms with Gasteiger partial charge in [-0.25, -0.2) is 4.39 Å². The maximum Gasteiger partial charge on any atom is 0.308 e. The first-order valence-corrected chi connectivity index (χ1v) is 6.86. The fraction of sp³-hybridized carbons (Fsp3) is 0.500. The van der Waals surface area contributed by atoms with Gasteiger partial charge in [0.1, 0.15) is 5.82 Å². The standard InChI is InChI=1S/C14H15ClFNO2/c15-11-3-1-8(5-12(11)16)7-17-9-2-4-13(17)10(6-9)14(18)19/h1,3,5,9-10,13H,2,4,6-7H2,(H,18,19). The summed E-state index contributed by atoms with van der Waals surface area (Å²) in [5, 5.41) is 9.32. The Morgan fingerprint density at radius 3 is 2.89 bits per heavy atom. The van der Waals surface area contributed by atoms with Gasteiger partial charge < -0.3 is 5.11 Å². The van der Waals surface area contributed by atoms with Crippen LogP contribution in [0.4, 0.5) is 4.39 Å². The minimum Gasteiger partial charge on any atom is -0.481 e. The first-order valence-electron chi connectivity index (χ1n) is 6.48. The molecule has 2 fully saturated rings. The second-order valence-electron chi connectivity index (χ2n) is 5.40. The Labute approximate surface area is 116 Å². The van der Waals surface area contributed by atoms with E-state index in [1.165, 1.54) is 6.07 Å². The van der Waals surface area contributed by atoms with Gasteiger partial charge in [-0.15, -0.1) is 0 Å². The molecule has 2 bridgehead atoms. The van der Waals surface area contributed by atoms with Crippen LogP contribution >= 0.6 is 11.6 Å². The molecule has 0 radical (unpaired) electrons. The lowest BCUT2D eigenvalue weighted by Crippen LogP contribution is -2.32. The van der Waals surface area contributed by atoms with Crippen molar-refractivity contribution in [3.63, 3.8) is 0 Å². The molecule has 0 aromatic heterocycles. The van der Waals surface area contributed by atoms with Crippen molar-refractivity contribution in [2.45, 2.75) is 37.9 Å². The summed E-state index contributed by atoms with van der Waals surface area (Å²) in [4.78, 5) is 13.4. The summed E-state index contributed by atoms with van der Waals surface area (Å²) in [5.41, 5.74) is 0.852. The smallest absolute Gasteiger partial charge is 0.308 e. The Kier molecular flexibility index (Phi) is 3.23. The lowest BCUT2D eigenvalue weighted by atomic mass is 9.89. The molecule has 3 rings (SSSR count). The van der Waals surface area contributed by atoms with Crippen molar-refractivity contribution >= 4 is 17.6 Å². The number of carboxylic acids is 1. The molecule has 2 saturated heterocycles. The van der Waals surface area contributed by atoms with Crippen molar-refractivity contribution in [1.82, 2.24) is 4.90 Å². The van der Waals surface area contributed by atoms with Crippen LogP contribution in [0.1, 0.15) is 24.8 Å². The number of hydrogen-bond acceptors (Lipinski definition) is 2. The molecule has 2 aliphatic rings. The molecule has 0 aliphatic carbocycles. The van der Waals surface area contributed by atoms with E-state index in [9.17, 15) is 14.3 Å². The molecule has 3 atom stereocenters. The van der Waals surface area contributed by atoms with Crippen LogP contribution in [-0.2, 0) is 11.3 Å². The van der Waals surface area contributed by atoms with Gasteiger partial charge in [-0.2, -0.15) is 0 Å². The molecular formula is C14H15ClFNO2. The number of benzene rings is 1. The molecule has 1 aromatic carbocycles. The van der Waals surface area contributed by atoms with Crippen molar-refractivity contribution in [1.29, 1.82) is 0 Å². The minimum absolute atomic E-state index is 0.0984. The zero-order valence-electron chi connectivity index (χ0n) is 10.4. The van der Waals surface area contributed by atoms with Crippen LogP contribution in [0.5, 0.6) is 0 Å². The molecule has 102 valence electrons. The van der Waals surface area contributed by atoms with Crippen molar-refractivity contribution in [2.24, 2.45) is 5.92 Å². The Balaban J connectivity index is 1.77. The van der Waals surface area contributed by atoms with E-state index in [-0.39, 0.29) is 17.0 Å². The number of rotatable bonds is 3. The Morgan fingerprint density at radius 2 is 2.26 bits per heavy atom. The highest BCUT2D eigenvalue weighted by molar-refractivity contribution is 6.30. The van der Waals surface area contributed by atoms with Gasteiger partial charge in [0, 0.05) is 18.6 Å². The molecule has 3 unspecified atom stereocenters. The summed E-state index contributed by atoms with van der Waals surface area (Å²) >= 11 is 5.67. The van der Waals surface area contributed by atoms with Crippen LogP contribution in [-0.4, -0.2) is 28.1 Å². The topological polar surface area (TPSA) is 40.5 Å². The molecule has 1 N–H and O–H groups in total. The van der Waals surface area contributed by atoms with Gasteiger partial charge in [0.25, 0.3) is 0 Å². The van der Waals surface area contributed by atoms with Gasteiger partial charge in [-0.3, -0.25) is 9.69 Å². The molecule has 0 saturated carbocycles. The zero-order chi connectivity index (χ0) is 13.6. The van der Waals surface area contributed by atoms with E-state index in [1.807, 2.05) is 0 Å². The van der Waals surface area contributed by atoms with Gasteiger partial charge in [-0.1, -0.05) is 17.7 Å². The fourth-order valence-electron chi connectivity index (χ4n) is 3.46. The van der Waals surface area contributed by atoms with Crippen LogP contribution in [0.2, 0.25) is 5.02 Å². The molecular weight excluding hydrogens is 269 g/mol. The molecule has 0 amide bonds. The van der Waals surface area contributed by atoms with E-state index < -0.39 is 11.8 Å². The third kappa shape index (κ3) is 2.23. The van der Waals surface area contributed by atoms with Crippen LogP contribution in [0.3, 0.4) is 0 Å². The van der Waals surface area contributed by atoms with E-state index in [0.29, 0.717) is 12.6 Å². The minimum atomic E-state index is -0.709. The molecule has 2 aliphatic heterocycles. The lowest BCUT2D eigenvalue weighted by molar-refractivity contribution is -0.142. The highest BCUT2D eigenvalue weighted by atomic mass is 35.5. The molecule has 3 nitrogen and oxygen atoms in total. The second-order valence-corrected chi connectivity index (χ2v) is 5.81. The highest BCUT2D eigenvalue weighted by Crippen LogP contribution is 2.42. The molecule has 19 heavy (non-hydrogen) atoms. The van der Waals surface area contributed by atoms with Crippen molar-refractivity contribution < 1.29 is 14.3 Å².